The molecule has 30 heavy (non-hydrogen) atoms. The second kappa shape index (κ2) is 9.20. The van der Waals surface area contributed by atoms with Gasteiger partial charge in [-0.25, -0.2) is 0 Å². The number of aromatic amines is 1. The number of aliphatic hydroxyl groups is 1. The van der Waals surface area contributed by atoms with E-state index in [4.69, 9.17) is 0 Å². The van der Waals surface area contributed by atoms with Crippen LogP contribution in [-0.4, -0.2) is 57.0 Å². The van der Waals surface area contributed by atoms with Crippen LogP contribution < -0.4 is 5.32 Å². The monoisotopic (exact) mass is 488 g/mol. The second-order valence-corrected chi connectivity index (χ2v) is 9.22. The van der Waals surface area contributed by atoms with E-state index in [0.29, 0.717) is 25.2 Å². The number of carbonyl (C=O) groups is 2. The number of carbonyl (C=O) groups excluding carboxylic acids is 2. The van der Waals surface area contributed by atoms with E-state index < -0.39 is 6.10 Å². The summed E-state index contributed by atoms with van der Waals surface area (Å²) in [4.78, 5) is 27.8. The molecule has 156 valence electrons. The van der Waals surface area contributed by atoms with Crippen LogP contribution in [0.4, 0.5) is 5.69 Å². The highest BCUT2D eigenvalue weighted by molar-refractivity contribution is 9.10. The number of anilines is 1. The second-order valence-electron chi connectivity index (χ2n) is 7.21. The molecule has 9 heteroatoms. The lowest BCUT2D eigenvalue weighted by atomic mass is 10.1. The van der Waals surface area contributed by atoms with Crippen molar-refractivity contribution < 1.29 is 14.7 Å². The highest BCUT2D eigenvalue weighted by atomic mass is 79.9. The van der Waals surface area contributed by atoms with Gasteiger partial charge in [-0.3, -0.25) is 14.7 Å². The van der Waals surface area contributed by atoms with Gasteiger partial charge < -0.3 is 15.3 Å². The molecule has 2 atom stereocenters. The Hall–Kier alpha value is -2.36. The number of amides is 2. The van der Waals surface area contributed by atoms with Crippen LogP contribution in [0.2, 0.25) is 0 Å². The number of aromatic nitrogens is 2. The number of hydrogen-bond acceptors (Lipinski definition) is 5. The van der Waals surface area contributed by atoms with E-state index in [1.807, 2.05) is 42.5 Å². The first-order valence-corrected chi connectivity index (χ1v) is 11.4. The van der Waals surface area contributed by atoms with Crippen LogP contribution in [0.25, 0.3) is 10.9 Å². The van der Waals surface area contributed by atoms with Crippen molar-refractivity contribution in [1.82, 2.24) is 15.1 Å². The largest absolute Gasteiger partial charge is 0.382 e. The normalized spacial score (nSPS) is 17.3. The summed E-state index contributed by atoms with van der Waals surface area (Å²) in [5, 5.41) is 21.0. The van der Waals surface area contributed by atoms with Gasteiger partial charge in [-0.05, 0) is 48.9 Å². The zero-order chi connectivity index (χ0) is 21.1. The predicted molar refractivity (Wildman–Crippen MR) is 120 cm³/mol. The molecule has 0 saturated carbocycles. The minimum absolute atomic E-state index is 0.119. The Bertz CT molecular complexity index is 1060. The zero-order valence-corrected chi connectivity index (χ0v) is 18.4. The molecule has 0 spiro atoms. The summed E-state index contributed by atoms with van der Waals surface area (Å²) < 4.78 is 0.981. The van der Waals surface area contributed by atoms with E-state index in [1.54, 1.807) is 11.1 Å². The van der Waals surface area contributed by atoms with Gasteiger partial charge in [0.2, 0.25) is 5.91 Å². The molecular weight excluding hydrogens is 468 g/mol. The third-order valence-electron chi connectivity index (χ3n) is 5.09. The summed E-state index contributed by atoms with van der Waals surface area (Å²) >= 11 is 4.81. The molecule has 1 aliphatic heterocycles. The van der Waals surface area contributed by atoms with Crippen molar-refractivity contribution in [1.29, 1.82) is 0 Å². The number of aliphatic hydroxyl groups excluding tert-OH is 1. The van der Waals surface area contributed by atoms with Crippen LogP contribution in [0.15, 0.2) is 58.0 Å². The Morgan fingerprint density at radius 3 is 2.90 bits per heavy atom. The van der Waals surface area contributed by atoms with Gasteiger partial charge >= 0.3 is 0 Å². The number of nitrogens with one attached hydrogen (secondary N) is 2. The first kappa shape index (κ1) is 20.9. The number of hydrogen-bond donors (Lipinski definition) is 3. The smallest absolute Gasteiger partial charge is 0.252 e. The quantitative estimate of drug-likeness (QED) is 0.462. The van der Waals surface area contributed by atoms with Crippen molar-refractivity contribution in [3.05, 3.63) is 53.1 Å². The Balaban J connectivity index is 1.28. The Morgan fingerprint density at radius 1 is 1.30 bits per heavy atom. The molecule has 1 saturated heterocycles. The average Bonchev–Trinajstić information content (AvgIpc) is 3.42. The van der Waals surface area contributed by atoms with Gasteiger partial charge in [0.25, 0.3) is 5.91 Å². The molecule has 1 aliphatic rings. The lowest BCUT2D eigenvalue weighted by Gasteiger charge is -2.20. The summed E-state index contributed by atoms with van der Waals surface area (Å²) in [5.41, 5.74) is 1.60. The first-order valence-electron chi connectivity index (χ1n) is 9.59. The molecule has 3 aromatic rings. The number of fused-ring (bicyclic) bond motifs is 1. The van der Waals surface area contributed by atoms with Crippen molar-refractivity contribution in [3.63, 3.8) is 0 Å². The van der Waals surface area contributed by atoms with Crippen LogP contribution in [-0.2, 0) is 9.59 Å². The van der Waals surface area contributed by atoms with Crippen LogP contribution in [0, 0.1) is 5.92 Å². The Kier molecular flexibility index (Phi) is 6.40. The maximum absolute atomic E-state index is 12.6. The molecule has 4 rings (SSSR count). The maximum atomic E-state index is 12.6. The number of likely N-dealkylation sites (tertiary alicyclic amines) is 1. The molecule has 0 radical (unpaired) electrons. The summed E-state index contributed by atoms with van der Waals surface area (Å²) in [6.45, 7) is 0.788. The number of rotatable bonds is 6. The van der Waals surface area contributed by atoms with Crippen LogP contribution >= 0.6 is 27.7 Å². The van der Waals surface area contributed by atoms with Crippen molar-refractivity contribution in [2.45, 2.75) is 17.4 Å². The third kappa shape index (κ3) is 4.85. The van der Waals surface area contributed by atoms with E-state index in [2.05, 4.69) is 31.4 Å². The van der Waals surface area contributed by atoms with E-state index in [1.165, 1.54) is 11.8 Å². The van der Waals surface area contributed by atoms with Crippen molar-refractivity contribution in [2.24, 2.45) is 5.92 Å². The molecule has 2 aromatic carbocycles. The fourth-order valence-electron chi connectivity index (χ4n) is 3.43. The molecule has 0 bridgehead atoms. The minimum atomic E-state index is -1.09. The van der Waals surface area contributed by atoms with Gasteiger partial charge in [0, 0.05) is 39.3 Å². The fourth-order valence-corrected chi connectivity index (χ4v) is 4.51. The minimum Gasteiger partial charge on any atom is -0.382 e. The predicted octanol–water partition coefficient (Wildman–Crippen LogP) is 3.27. The number of benzene rings is 2. The molecule has 1 fully saturated rings. The number of thioether (sulfide) groups is 1. The first-order chi connectivity index (χ1) is 14.5. The molecular formula is C21H21BrN4O3S. The molecule has 2 amide bonds. The maximum Gasteiger partial charge on any atom is 0.252 e. The van der Waals surface area contributed by atoms with Crippen LogP contribution in [0.1, 0.15) is 6.42 Å². The number of nitrogens with zero attached hydrogens (tertiary/aromatic N) is 2. The van der Waals surface area contributed by atoms with E-state index >= 15 is 0 Å². The summed E-state index contributed by atoms with van der Waals surface area (Å²) in [6.07, 6.45) is 1.19. The Labute approximate surface area is 186 Å². The Morgan fingerprint density at radius 2 is 2.10 bits per heavy atom. The van der Waals surface area contributed by atoms with E-state index in [-0.39, 0.29) is 23.5 Å². The fraction of sp³-hybridized carbons (Fsp3) is 0.286. The molecule has 0 aliphatic carbocycles. The third-order valence-corrected chi connectivity index (χ3v) is 6.70. The van der Waals surface area contributed by atoms with Crippen LogP contribution in [0.3, 0.4) is 0 Å². The molecule has 0 unspecified atom stereocenters. The molecule has 7 nitrogen and oxygen atoms in total. The number of H-pyrrole nitrogens is 1. The highest BCUT2D eigenvalue weighted by Crippen LogP contribution is 2.24. The van der Waals surface area contributed by atoms with E-state index in [9.17, 15) is 14.7 Å². The molecule has 1 aromatic heterocycles. The number of halogens is 1. The van der Waals surface area contributed by atoms with Gasteiger partial charge in [0.05, 0.1) is 17.6 Å². The van der Waals surface area contributed by atoms with Gasteiger partial charge in [-0.1, -0.05) is 15.9 Å². The average molecular weight is 489 g/mol. The standard InChI is InChI=1S/C21H21BrN4O3S/c22-15-1-4-17(5-2-15)30-12-19(27)21(29)26-8-7-13(11-26)20(28)24-16-3-6-18-14(9-16)10-23-25-18/h1-6,9-10,13,19,27H,7-8,11-12H2,(H,23,25)(H,24,28)/t13-,19-/m0/s1. The highest BCUT2D eigenvalue weighted by Gasteiger charge is 2.33. The lowest BCUT2D eigenvalue weighted by Crippen LogP contribution is -2.39. The van der Waals surface area contributed by atoms with Crippen LogP contribution in [0.5, 0.6) is 0 Å². The van der Waals surface area contributed by atoms with Gasteiger partial charge in [0.1, 0.15) is 6.10 Å². The summed E-state index contributed by atoms with van der Waals surface area (Å²) in [5.74, 6) is -0.458. The zero-order valence-electron chi connectivity index (χ0n) is 16.0. The van der Waals surface area contributed by atoms with Crippen molar-refractivity contribution in [2.75, 3.05) is 24.2 Å². The summed E-state index contributed by atoms with van der Waals surface area (Å²) in [7, 11) is 0. The van der Waals surface area contributed by atoms with Gasteiger partial charge in [-0.2, -0.15) is 5.10 Å². The van der Waals surface area contributed by atoms with Crippen molar-refractivity contribution >= 4 is 56.1 Å². The summed E-state index contributed by atoms with van der Waals surface area (Å²) in [6, 6.07) is 13.3. The molecule has 3 N–H and O–H groups in total. The topological polar surface area (TPSA) is 98.3 Å². The van der Waals surface area contributed by atoms with Crippen molar-refractivity contribution in [3.8, 4) is 0 Å². The van der Waals surface area contributed by atoms with E-state index in [0.717, 1.165) is 20.3 Å². The lowest BCUT2D eigenvalue weighted by molar-refractivity contribution is -0.138. The SMILES string of the molecule is O=C(Nc1ccc2[nH]ncc2c1)[C@H]1CCN(C(=O)[C@@H](O)CSc2ccc(Br)cc2)C1. The van der Waals surface area contributed by atoms with Gasteiger partial charge in [0.15, 0.2) is 0 Å². The van der Waals surface area contributed by atoms with Gasteiger partial charge in [-0.15, -0.1) is 11.8 Å². The molecule has 2 heterocycles.